The Morgan fingerprint density at radius 3 is 1.84 bits per heavy atom. The van der Waals surface area contributed by atoms with E-state index < -0.39 is 90.7 Å². The highest BCUT2D eigenvalue weighted by atomic mass is 32.2. The van der Waals surface area contributed by atoms with Crippen molar-refractivity contribution in [3.05, 3.63) is 178 Å². The zero-order valence-corrected chi connectivity index (χ0v) is 63.0. The van der Waals surface area contributed by atoms with Crippen molar-refractivity contribution in [1.29, 1.82) is 0 Å². The molecule has 0 unspecified atom stereocenters. The van der Waals surface area contributed by atoms with Crippen LogP contribution < -0.4 is 26.2 Å². The number of aliphatic carboxylic acids is 3. The number of hydrogen-bond acceptors (Lipinski definition) is 14. The maximum atomic E-state index is 15.0. The number of nitrogens with one attached hydrogen (secondary N) is 4. The van der Waals surface area contributed by atoms with Crippen LogP contribution in [0.5, 0.6) is 0 Å². The first-order chi connectivity index (χ1) is 49.9. The SMILES string of the molecule is CC1(C)C(=CC=C2CCCC(C=CC3=[N+](CCCCS(=O)(=O)O)c4ccccc4C3(C)C)=C2SC[C@@H](NC(=O)[C@@H](CC(=O)[C@H](Cc2ccccc2)NC(=O)CCCCCCCCC(=O)CC[C@@H](NC(=O)NCCCC(=O)O)C(=O)O)Cc2ccccc2)C(=O)O)N(CCCCS(=O)(=O)O)c2ccccc21. The number of carboxylic acid groups (broad SMARTS) is 3. The van der Waals surface area contributed by atoms with Crippen molar-refractivity contribution >= 4 is 96.4 Å². The molecule has 0 saturated carbocycles. The van der Waals surface area contributed by atoms with Crippen LogP contribution in [0.4, 0.5) is 16.2 Å². The summed E-state index contributed by atoms with van der Waals surface area (Å²) in [5.41, 5.74) is 8.36. The van der Waals surface area contributed by atoms with Gasteiger partial charge in [0.2, 0.25) is 17.5 Å². The summed E-state index contributed by atoms with van der Waals surface area (Å²) in [5.74, 6) is -7.10. The van der Waals surface area contributed by atoms with Crippen LogP contribution in [-0.4, -0.2) is 154 Å². The van der Waals surface area contributed by atoms with Gasteiger partial charge in [-0.25, -0.2) is 14.4 Å². The fraction of sp³-hybridized carbons (Fsp3) is 0.481. The Balaban J connectivity index is 1.08. The average Bonchev–Trinajstić information content (AvgIpc) is 1.60. The maximum absolute atomic E-state index is 15.0. The normalized spacial score (nSPS) is 16.7. The number of nitrogens with zero attached hydrogens (tertiary/aromatic N) is 2. The topological polar surface area (TPSA) is 360 Å². The molecule has 4 atom stereocenters. The van der Waals surface area contributed by atoms with Gasteiger partial charge in [0, 0.05) is 103 Å². The Hall–Kier alpha value is -8.56. The molecule has 0 radical (unpaired) electrons. The lowest BCUT2D eigenvalue weighted by atomic mass is 9.81. The number of thioether (sulfide) groups is 1. The summed E-state index contributed by atoms with van der Waals surface area (Å²) in [6.07, 6.45) is 15.8. The van der Waals surface area contributed by atoms with Crippen LogP contribution in [0.15, 0.2) is 155 Å². The Bertz CT molecular complexity index is 4110. The fourth-order valence-corrected chi connectivity index (χ4v) is 16.2. The monoisotopic (exact) mass is 1500 g/mol. The molecule has 0 spiro atoms. The smallest absolute Gasteiger partial charge is 0.327 e. The van der Waals surface area contributed by atoms with Crippen LogP contribution in [0.25, 0.3) is 0 Å². The van der Waals surface area contributed by atoms with E-state index in [0.717, 1.165) is 86.8 Å². The van der Waals surface area contributed by atoms with Crippen molar-refractivity contribution in [3.8, 4) is 0 Å². The predicted octanol–water partition coefficient (Wildman–Crippen LogP) is 11.9. The molecule has 0 saturated heterocycles. The molecule has 2 aliphatic heterocycles. The number of unbranched alkanes of at least 4 members (excludes halogenated alkanes) is 7. The lowest BCUT2D eigenvalue weighted by Gasteiger charge is -2.28. The molecule has 9 N–H and O–H groups in total. The van der Waals surface area contributed by atoms with Crippen LogP contribution in [0.3, 0.4) is 0 Å². The molecule has 7 rings (SSSR count). The zero-order chi connectivity index (χ0) is 76.3. The molecule has 0 aromatic heterocycles. The highest BCUT2D eigenvalue weighted by molar-refractivity contribution is 8.03. The van der Waals surface area contributed by atoms with E-state index in [1.807, 2.05) is 97.1 Å². The van der Waals surface area contributed by atoms with E-state index in [-0.39, 0.29) is 106 Å². The summed E-state index contributed by atoms with van der Waals surface area (Å²) in [6, 6.07) is 29.8. The van der Waals surface area contributed by atoms with E-state index in [2.05, 4.69) is 94.9 Å². The molecule has 1 aliphatic carbocycles. The van der Waals surface area contributed by atoms with Gasteiger partial charge < -0.3 is 41.5 Å². The summed E-state index contributed by atoms with van der Waals surface area (Å²) in [4.78, 5) is 107. The number of carbonyl (C=O) groups is 8. The Morgan fingerprint density at radius 2 is 1.19 bits per heavy atom. The third-order valence-electron chi connectivity index (χ3n) is 19.5. The molecule has 3 aliphatic rings. The molecular formula is C79H103N6O17S3+. The summed E-state index contributed by atoms with van der Waals surface area (Å²) in [6.45, 7) is 9.50. The molecule has 4 amide bonds. The van der Waals surface area contributed by atoms with Crippen molar-refractivity contribution in [3.63, 3.8) is 0 Å². The molecule has 4 aromatic rings. The predicted molar refractivity (Wildman–Crippen MR) is 407 cm³/mol. The zero-order valence-electron chi connectivity index (χ0n) is 60.6. The van der Waals surface area contributed by atoms with Gasteiger partial charge in [0.25, 0.3) is 20.2 Å². The van der Waals surface area contributed by atoms with E-state index in [1.165, 1.54) is 11.8 Å². The van der Waals surface area contributed by atoms with Crippen molar-refractivity contribution in [2.45, 2.75) is 198 Å². The van der Waals surface area contributed by atoms with Crippen molar-refractivity contribution < 1.29 is 84.2 Å². The number of benzene rings is 4. The fourth-order valence-electron chi connectivity index (χ4n) is 13.8. The largest absolute Gasteiger partial charge is 0.481 e. The molecule has 23 nitrogen and oxygen atoms in total. The molecule has 105 heavy (non-hydrogen) atoms. The quantitative estimate of drug-likeness (QED) is 0.0113. The number of rotatable bonds is 45. The van der Waals surface area contributed by atoms with Gasteiger partial charge in [0.05, 0.1) is 23.0 Å². The molecule has 0 bridgehead atoms. The Kier molecular flexibility index (Phi) is 32.1. The van der Waals surface area contributed by atoms with E-state index in [9.17, 15) is 74.5 Å². The third-order valence-corrected chi connectivity index (χ3v) is 22.4. The first-order valence-corrected chi connectivity index (χ1v) is 40.5. The number of ketones is 2. The molecule has 26 heteroatoms. The number of hydrogen-bond donors (Lipinski definition) is 9. The van der Waals surface area contributed by atoms with Gasteiger partial charge in [-0.15, -0.1) is 11.8 Å². The second-order valence-electron chi connectivity index (χ2n) is 28.3. The second kappa shape index (κ2) is 40.2. The lowest BCUT2D eigenvalue weighted by molar-refractivity contribution is -0.438. The maximum Gasteiger partial charge on any atom is 0.327 e. The highest BCUT2D eigenvalue weighted by Crippen LogP contribution is 2.49. The molecule has 2 heterocycles. The van der Waals surface area contributed by atoms with Gasteiger partial charge in [-0.1, -0.05) is 149 Å². The number of carbonyl (C=O) groups excluding carboxylic acids is 5. The summed E-state index contributed by atoms with van der Waals surface area (Å²) < 4.78 is 68.4. The molecule has 4 aromatic carbocycles. The third kappa shape index (κ3) is 26.5. The minimum atomic E-state index is -4.17. The van der Waals surface area contributed by atoms with Crippen LogP contribution >= 0.6 is 11.8 Å². The number of Topliss-reactive ketones (excluding diaryl/α,β-unsaturated/α-hetero) is 2. The number of amides is 4. The Labute approximate surface area is 621 Å². The number of para-hydroxylation sites is 2. The van der Waals surface area contributed by atoms with Crippen molar-refractivity contribution in [2.75, 3.05) is 41.8 Å². The van der Waals surface area contributed by atoms with Crippen molar-refractivity contribution in [1.82, 2.24) is 21.3 Å². The average molecular weight is 1500 g/mol. The minimum absolute atomic E-state index is 0.0459. The first-order valence-electron chi connectivity index (χ1n) is 36.3. The molecule has 0 fully saturated rings. The molecular weight excluding hydrogens is 1400 g/mol. The van der Waals surface area contributed by atoms with Gasteiger partial charge in [-0.05, 0) is 131 Å². The first kappa shape index (κ1) is 83.7. The van der Waals surface area contributed by atoms with E-state index in [4.69, 9.17) is 5.11 Å². The number of allylic oxidation sites excluding steroid dienone is 7. The van der Waals surface area contributed by atoms with Gasteiger partial charge >= 0.3 is 23.9 Å². The van der Waals surface area contributed by atoms with Crippen LogP contribution in [0.2, 0.25) is 0 Å². The van der Waals surface area contributed by atoms with Gasteiger partial charge in [0.1, 0.15) is 24.4 Å². The number of carboxylic acids is 3. The number of fused-ring (bicyclic) bond motifs is 2. The molecule has 568 valence electrons. The number of urea groups is 1. The lowest BCUT2D eigenvalue weighted by Crippen LogP contribution is -2.48. The van der Waals surface area contributed by atoms with Crippen LogP contribution in [-0.2, 0) is 77.5 Å². The van der Waals surface area contributed by atoms with Crippen LogP contribution in [0, 0.1) is 5.92 Å². The summed E-state index contributed by atoms with van der Waals surface area (Å²) in [5, 5.41) is 40.0. The van der Waals surface area contributed by atoms with E-state index in [1.54, 1.807) is 0 Å². The van der Waals surface area contributed by atoms with Gasteiger partial charge in [0.15, 0.2) is 11.5 Å². The van der Waals surface area contributed by atoms with E-state index >= 15 is 0 Å². The van der Waals surface area contributed by atoms with Gasteiger partial charge in [-0.3, -0.25) is 33.1 Å². The summed E-state index contributed by atoms with van der Waals surface area (Å²) >= 11 is 1.31. The second-order valence-corrected chi connectivity index (χ2v) is 32.5. The van der Waals surface area contributed by atoms with Gasteiger partial charge in [-0.2, -0.15) is 21.4 Å². The number of anilines is 1. The van der Waals surface area contributed by atoms with E-state index in [0.29, 0.717) is 58.0 Å². The standard InChI is InChI=1S/C79H102N6O17S3/c1-78(2)61-34-17-19-36-66(61)84(47-21-23-49-104(97,98)99)69(78)44-40-57-31-25-32-58(41-45-70-79(3,4)62-35-18-20-37-67(62)85(70)48-22-24-50-105(100,101)102)73(57)103-54-65(76(94)95)82-74(91)59(51-55-27-11-9-12-28-55)53-68(87)64(52-56-29-13-10-14-30-56)81-71(88)38-16-8-6-5-7-15-33-60(86)42-43-63(75(92)93)83-77(96)80-46-26-39-72(89)90/h9-14,17-20,27-30,34-37,40-41,44-45,59,63-65H,5-8,15-16,21-26,31-33,38-39,42-43,46-54H2,1-4H3,(H8-,80,81,82,83,88,89,90,91,92,93,94,95,96,97,98,99,100,101,102)/p+1/t59-,63-,64+,65-/m1/s1. The highest BCUT2D eigenvalue weighted by Gasteiger charge is 2.45. The van der Waals surface area contributed by atoms with Crippen LogP contribution in [0.1, 0.15) is 178 Å². The minimum Gasteiger partial charge on any atom is -0.481 e. The Morgan fingerprint density at radius 1 is 0.590 bits per heavy atom. The summed E-state index contributed by atoms with van der Waals surface area (Å²) in [7, 11) is -8.34. The van der Waals surface area contributed by atoms with Crippen molar-refractivity contribution in [2.24, 2.45) is 5.92 Å².